The Kier molecular flexibility index (Phi) is 3.22. The van der Waals surface area contributed by atoms with Crippen LogP contribution < -0.4 is 14.8 Å². The van der Waals surface area contributed by atoms with Gasteiger partial charge in [-0.3, -0.25) is 4.79 Å². The van der Waals surface area contributed by atoms with Gasteiger partial charge in [-0.05, 0) is 67.9 Å². The van der Waals surface area contributed by atoms with Gasteiger partial charge in [0.1, 0.15) is 0 Å². The van der Waals surface area contributed by atoms with Crippen molar-refractivity contribution in [2.45, 2.75) is 49.3 Å². The fraction of sp³-hybridized carbons (Fsp3) is 0.632. The van der Waals surface area contributed by atoms with Crippen molar-refractivity contribution < 1.29 is 14.3 Å². The number of nitrogens with one attached hydrogen (secondary N) is 1. The van der Waals surface area contributed by atoms with E-state index in [1.54, 1.807) is 0 Å². The van der Waals surface area contributed by atoms with Gasteiger partial charge in [0.2, 0.25) is 12.7 Å². The molecule has 0 aromatic heterocycles. The first-order chi connectivity index (χ1) is 11.5. The van der Waals surface area contributed by atoms with Crippen LogP contribution in [0.2, 0.25) is 0 Å². The van der Waals surface area contributed by atoms with E-state index in [1.807, 2.05) is 18.2 Å². The molecule has 6 rings (SSSR count). The van der Waals surface area contributed by atoms with E-state index in [4.69, 9.17) is 9.47 Å². The lowest BCUT2D eigenvalue weighted by molar-refractivity contribution is -0.123. The van der Waals surface area contributed by atoms with E-state index in [2.05, 4.69) is 21.2 Å². The van der Waals surface area contributed by atoms with Crippen LogP contribution in [0.25, 0.3) is 0 Å². The third-order valence-corrected chi connectivity index (χ3v) is 7.23. The van der Waals surface area contributed by atoms with Crippen molar-refractivity contribution in [2.75, 3.05) is 12.1 Å². The molecule has 4 nitrogen and oxygen atoms in total. The summed E-state index contributed by atoms with van der Waals surface area (Å²) in [4.78, 5) is 12.7. The van der Waals surface area contributed by atoms with E-state index in [-0.39, 0.29) is 18.1 Å². The monoisotopic (exact) mass is 391 g/mol. The number of fused-ring (bicyclic) bond motifs is 1. The van der Waals surface area contributed by atoms with Gasteiger partial charge >= 0.3 is 0 Å². The molecule has 1 aromatic rings. The summed E-state index contributed by atoms with van der Waals surface area (Å²) < 4.78 is 11.0. The quantitative estimate of drug-likeness (QED) is 0.772. The van der Waals surface area contributed by atoms with Gasteiger partial charge in [-0.1, -0.05) is 15.9 Å². The van der Waals surface area contributed by atoms with Crippen molar-refractivity contribution in [1.82, 2.24) is 0 Å². The summed E-state index contributed by atoms with van der Waals surface area (Å²) >= 11 is 4.02. The van der Waals surface area contributed by atoms with Crippen LogP contribution in [0.15, 0.2) is 18.2 Å². The molecule has 1 aliphatic heterocycles. The maximum absolute atomic E-state index is 12.7. The normalized spacial score (nSPS) is 38.4. The van der Waals surface area contributed by atoms with Gasteiger partial charge in [-0.15, -0.1) is 0 Å². The van der Waals surface area contributed by atoms with E-state index in [0.717, 1.165) is 29.7 Å². The molecule has 1 amide bonds. The predicted molar refractivity (Wildman–Crippen MR) is 94.6 cm³/mol. The maximum atomic E-state index is 12.7. The van der Waals surface area contributed by atoms with Crippen LogP contribution >= 0.6 is 15.9 Å². The molecule has 0 saturated heterocycles. The number of amides is 1. The number of alkyl halides is 1. The number of carbonyl (C=O) groups excluding carboxylic acids is 1. The van der Waals surface area contributed by atoms with Crippen LogP contribution in [0, 0.1) is 17.3 Å². The number of benzene rings is 1. The average Bonchev–Trinajstić information content (AvgIpc) is 2.91. The number of ether oxygens (including phenoxy) is 2. The lowest BCUT2D eigenvalue weighted by Gasteiger charge is -2.60. The molecule has 2 atom stereocenters. The lowest BCUT2D eigenvalue weighted by atomic mass is 9.48. The Labute approximate surface area is 150 Å². The SMILES string of the molecule is O=C(CC12CC3CC(CC(Br)(C3)C1)C2)Nc1ccc2c(c1)OCO2. The number of anilines is 1. The van der Waals surface area contributed by atoms with Crippen LogP contribution in [0.1, 0.15) is 44.9 Å². The van der Waals surface area contributed by atoms with Gasteiger partial charge in [-0.25, -0.2) is 0 Å². The Morgan fingerprint density at radius 2 is 1.92 bits per heavy atom. The number of hydrogen-bond donors (Lipinski definition) is 1. The molecule has 2 unspecified atom stereocenters. The number of carbonyl (C=O) groups is 1. The molecule has 0 radical (unpaired) electrons. The molecule has 4 bridgehead atoms. The third-order valence-electron chi connectivity index (χ3n) is 6.30. The molecule has 5 aliphatic rings. The van der Waals surface area contributed by atoms with E-state index < -0.39 is 0 Å². The number of hydrogen-bond acceptors (Lipinski definition) is 3. The van der Waals surface area contributed by atoms with Crippen LogP contribution in [-0.2, 0) is 4.79 Å². The minimum Gasteiger partial charge on any atom is -0.454 e. The van der Waals surface area contributed by atoms with Crippen molar-refractivity contribution in [2.24, 2.45) is 17.3 Å². The third kappa shape index (κ3) is 2.52. The summed E-state index contributed by atoms with van der Waals surface area (Å²) in [6.07, 6.45) is 8.23. The smallest absolute Gasteiger partial charge is 0.231 e. The van der Waals surface area contributed by atoms with E-state index in [1.165, 1.54) is 32.1 Å². The molecule has 0 spiro atoms. The predicted octanol–water partition coefficient (Wildman–Crippen LogP) is 4.48. The van der Waals surface area contributed by atoms with Gasteiger partial charge in [0.15, 0.2) is 11.5 Å². The van der Waals surface area contributed by atoms with E-state index in [9.17, 15) is 4.79 Å². The number of rotatable bonds is 3. The minimum absolute atomic E-state index is 0.131. The van der Waals surface area contributed by atoms with Crippen molar-refractivity contribution in [3.63, 3.8) is 0 Å². The zero-order chi connectivity index (χ0) is 16.4. The summed E-state index contributed by atoms with van der Waals surface area (Å²) in [6.45, 7) is 0.256. The highest BCUT2D eigenvalue weighted by molar-refractivity contribution is 9.10. The standard InChI is InChI=1S/C19H22BrNO3/c20-19-7-12-3-13(8-19)6-18(5-12,10-19)9-17(22)21-14-1-2-15-16(4-14)24-11-23-15/h1-2,4,12-13H,3,5-11H2,(H,21,22). The van der Waals surface area contributed by atoms with Crippen LogP contribution in [0.3, 0.4) is 0 Å². The molecule has 128 valence electrons. The second-order valence-electron chi connectivity index (χ2n) is 8.40. The lowest BCUT2D eigenvalue weighted by Crippen LogP contribution is -2.53. The maximum Gasteiger partial charge on any atom is 0.231 e. The van der Waals surface area contributed by atoms with Crippen molar-refractivity contribution >= 4 is 27.5 Å². The second-order valence-corrected chi connectivity index (χ2v) is 10.1. The van der Waals surface area contributed by atoms with Crippen LogP contribution in [0.4, 0.5) is 5.69 Å². The summed E-state index contributed by atoms with van der Waals surface area (Å²) in [5.74, 6) is 3.21. The summed E-state index contributed by atoms with van der Waals surface area (Å²) in [6, 6.07) is 5.60. The molecule has 4 fully saturated rings. The zero-order valence-electron chi connectivity index (χ0n) is 13.6. The molecule has 5 heteroatoms. The van der Waals surface area contributed by atoms with Crippen molar-refractivity contribution in [1.29, 1.82) is 0 Å². The largest absolute Gasteiger partial charge is 0.454 e. The molecule has 1 aromatic carbocycles. The van der Waals surface area contributed by atoms with Gasteiger partial charge in [0.25, 0.3) is 0 Å². The van der Waals surface area contributed by atoms with Gasteiger partial charge in [0, 0.05) is 22.5 Å². The fourth-order valence-corrected chi connectivity index (χ4v) is 7.57. The fourth-order valence-electron chi connectivity index (χ4n) is 6.06. The first-order valence-electron chi connectivity index (χ1n) is 8.89. The number of halogens is 1. The molecule has 24 heavy (non-hydrogen) atoms. The summed E-state index contributed by atoms with van der Waals surface area (Å²) in [7, 11) is 0. The summed E-state index contributed by atoms with van der Waals surface area (Å²) in [5, 5.41) is 3.07. The highest BCUT2D eigenvalue weighted by Gasteiger charge is 2.57. The minimum atomic E-state index is 0.131. The first-order valence-corrected chi connectivity index (χ1v) is 9.69. The highest BCUT2D eigenvalue weighted by Crippen LogP contribution is 2.65. The molecule has 4 saturated carbocycles. The average molecular weight is 392 g/mol. The Balaban J connectivity index is 1.30. The van der Waals surface area contributed by atoms with Gasteiger partial charge in [0.05, 0.1) is 0 Å². The zero-order valence-corrected chi connectivity index (χ0v) is 15.2. The van der Waals surface area contributed by atoms with Crippen molar-refractivity contribution in [3.8, 4) is 11.5 Å². The topological polar surface area (TPSA) is 47.6 Å². The van der Waals surface area contributed by atoms with Gasteiger partial charge in [-0.2, -0.15) is 0 Å². The van der Waals surface area contributed by atoms with Crippen LogP contribution in [-0.4, -0.2) is 17.0 Å². The molecular weight excluding hydrogens is 370 g/mol. The summed E-state index contributed by atoms with van der Waals surface area (Å²) in [5.41, 5.74) is 0.996. The first kappa shape index (κ1) is 15.1. The van der Waals surface area contributed by atoms with Crippen LogP contribution in [0.5, 0.6) is 11.5 Å². The Bertz CT molecular complexity index is 690. The Morgan fingerprint density at radius 1 is 1.17 bits per heavy atom. The van der Waals surface area contributed by atoms with Gasteiger partial charge < -0.3 is 14.8 Å². The van der Waals surface area contributed by atoms with E-state index in [0.29, 0.717) is 16.5 Å². The Hall–Kier alpha value is -1.23. The van der Waals surface area contributed by atoms with E-state index >= 15 is 0 Å². The second kappa shape index (κ2) is 5.13. The highest BCUT2D eigenvalue weighted by atomic mass is 79.9. The molecular formula is C19H22BrNO3. The van der Waals surface area contributed by atoms with Crippen molar-refractivity contribution in [3.05, 3.63) is 18.2 Å². The molecule has 1 N–H and O–H groups in total. The Morgan fingerprint density at radius 3 is 2.67 bits per heavy atom. The molecule has 1 heterocycles. The molecule has 4 aliphatic carbocycles.